The molecule has 0 radical (unpaired) electrons. The molecule has 1 aromatic carbocycles. The Bertz CT molecular complexity index is 522. The van der Waals surface area contributed by atoms with Gasteiger partial charge in [-0.3, -0.25) is 4.57 Å². The van der Waals surface area contributed by atoms with Crippen molar-refractivity contribution < 1.29 is 33.6 Å². The van der Waals surface area contributed by atoms with Gasteiger partial charge in [-0.15, -0.1) is 0 Å². The average molecular weight is 377 g/mol. The predicted molar refractivity (Wildman–Crippen MR) is 95.9 cm³/mol. The van der Waals surface area contributed by atoms with E-state index in [9.17, 15) is 19.7 Å². The van der Waals surface area contributed by atoms with Crippen LogP contribution >= 0.6 is 7.82 Å². The third-order valence-corrected chi connectivity index (χ3v) is 4.25. The first kappa shape index (κ1) is 23.9. The lowest BCUT2D eigenvalue weighted by Crippen LogP contribution is -3.06. The average Bonchev–Trinajstić information content (AvgIpc) is 2.54. The molecule has 0 saturated heterocycles. The van der Waals surface area contributed by atoms with E-state index >= 15 is 0 Å². The van der Waals surface area contributed by atoms with E-state index in [1.165, 1.54) is 25.0 Å². The summed E-state index contributed by atoms with van der Waals surface area (Å²) in [5, 5.41) is 18.5. The molecule has 7 nitrogen and oxygen atoms in total. The Morgan fingerprint density at radius 2 is 1.68 bits per heavy atom. The fourth-order valence-corrected chi connectivity index (χ4v) is 2.32. The van der Waals surface area contributed by atoms with E-state index in [1.54, 1.807) is 6.07 Å². The maximum absolute atomic E-state index is 11.4. The van der Waals surface area contributed by atoms with E-state index in [0.717, 1.165) is 10.5 Å². The third-order valence-electron chi connectivity index (χ3n) is 3.25. The van der Waals surface area contributed by atoms with E-state index in [-0.39, 0.29) is 24.7 Å². The summed E-state index contributed by atoms with van der Waals surface area (Å²) >= 11 is 0. The van der Waals surface area contributed by atoms with Crippen molar-refractivity contribution in [1.29, 1.82) is 0 Å². The van der Waals surface area contributed by atoms with Gasteiger partial charge in [0.2, 0.25) is 0 Å². The number of phosphoric ester groups is 1. The Hall–Kier alpha value is -1.11. The van der Waals surface area contributed by atoms with Crippen LogP contribution in [0.15, 0.2) is 18.2 Å². The highest BCUT2D eigenvalue weighted by Gasteiger charge is 2.10. The summed E-state index contributed by atoms with van der Waals surface area (Å²) < 4.78 is 20.9. The van der Waals surface area contributed by atoms with Crippen LogP contribution in [0.4, 0.5) is 0 Å². The van der Waals surface area contributed by atoms with Gasteiger partial charge in [0.1, 0.15) is 13.2 Å². The number of likely N-dealkylation sites (N-methyl/N-ethyl adjacent to an activating group) is 1. The zero-order valence-corrected chi connectivity index (χ0v) is 16.6. The van der Waals surface area contributed by atoms with E-state index in [4.69, 9.17) is 9.05 Å². The smallest absolute Gasteiger partial charge is 0.268 e. The van der Waals surface area contributed by atoms with Crippen LogP contribution in [0.3, 0.4) is 0 Å². The van der Waals surface area contributed by atoms with E-state index in [0.29, 0.717) is 19.4 Å². The fraction of sp³-hybridized carbons (Fsp3) is 0.647. The van der Waals surface area contributed by atoms with Crippen molar-refractivity contribution in [3.8, 4) is 11.5 Å². The van der Waals surface area contributed by atoms with Crippen LogP contribution < -0.4 is 9.79 Å². The molecule has 0 aliphatic rings. The Morgan fingerprint density at radius 1 is 1.08 bits per heavy atom. The lowest BCUT2D eigenvalue weighted by Gasteiger charge is -2.22. The molecule has 0 aliphatic heterocycles. The first-order valence-electron chi connectivity index (χ1n) is 8.61. The monoisotopic (exact) mass is 377 g/mol. The summed E-state index contributed by atoms with van der Waals surface area (Å²) in [7, 11) is -0.448. The summed E-state index contributed by atoms with van der Waals surface area (Å²) in [5.74, 6) is -0.382. The number of rotatable bonds is 10. The summed E-state index contributed by atoms with van der Waals surface area (Å²) in [6, 6.07) is 4.47. The highest BCUT2D eigenvalue weighted by Crippen LogP contribution is 2.38. The molecule has 8 heteroatoms. The maximum Gasteiger partial charge on any atom is 0.268 e. The van der Waals surface area contributed by atoms with Crippen LogP contribution in [-0.2, 0) is 20.0 Å². The predicted octanol–water partition coefficient (Wildman–Crippen LogP) is 1.48. The zero-order valence-electron chi connectivity index (χ0n) is 15.7. The number of hydrogen-bond donors (Lipinski definition) is 3. The van der Waals surface area contributed by atoms with Crippen molar-refractivity contribution in [2.75, 3.05) is 33.9 Å². The Morgan fingerprint density at radius 3 is 2.20 bits per heavy atom. The van der Waals surface area contributed by atoms with Crippen molar-refractivity contribution in [3.63, 3.8) is 0 Å². The molecule has 1 unspecified atom stereocenters. The molecule has 0 amide bonds. The number of phenols is 2. The Kier molecular flexibility index (Phi) is 12.6. The third kappa shape index (κ3) is 12.8. The second-order valence-electron chi connectivity index (χ2n) is 6.00. The number of quaternary nitrogens is 1. The van der Waals surface area contributed by atoms with E-state index in [2.05, 4.69) is 13.8 Å². The van der Waals surface area contributed by atoms with Gasteiger partial charge in [-0.1, -0.05) is 32.8 Å². The van der Waals surface area contributed by atoms with Gasteiger partial charge in [0, 0.05) is 0 Å². The Balaban J connectivity index is 0.00000129. The zero-order chi connectivity index (χ0) is 19.3. The number of aromatic hydroxyl groups is 2. The van der Waals surface area contributed by atoms with Crippen LogP contribution in [0.5, 0.6) is 11.5 Å². The van der Waals surface area contributed by atoms with Gasteiger partial charge < -0.3 is 29.1 Å². The molecule has 0 fully saturated rings. The second kappa shape index (κ2) is 13.1. The van der Waals surface area contributed by atoms with Gasteiger partial charge in [-0.05, 0) is 30.5 Å². The molecule has 0 bridgehead atoms. The molecule has 1 atom stereocenters. The Labute approximate surface area is 150 Å². The highest BCUT2D eigenvalue weighted by atomic mass is 31.2. The standard InChI is InChI=1S/C13H22NO6P.C4H10/c1-14(2)7-9-20-21(17,18)19-8-3-4-11-5-6-12(15)13(16)10-11;1-3-4-2/h5-6,10,15-16H,3-4,7-9H2,1-2H3,(H,17,18);3-4H2,1-2H3. The lowest BCUT2D eigenvalue weighted by molar-refractivity contribution is -0.858. The molecular weight excluding hydrogens is 345 g/mol. The number of aryl methyl sites for hydroxylation is 1. The summed E-state index contributed by atoms with van der Waals surface area (Å²) in [4.78, 5) is 12.5. The van der Waals surface area contributed by atoms with Gasteiger partial charge in [-0.25, -0.2) is 0 Å². The number of benzene rings is 1. The van der Waals surface area contributed by atoms with Gasteiger partial charge in [0.25, 0.3) is 7.82 Å². The van der Waals surface area contributed by atoms with Crippen LogP contribution in [0.2, 0.25) is 0 Å². The SMILES string of the molecule is CCCC.C[NH+](C)CCOP(=O)([O-])OCCCc1ccc(O)c(O)c1. The number of phenolic OH excluding ortho intramolecular Hbond substituents is 2. The largest absolute Gasteiger partial charge is 0.756 e. The van der Waals surface area contributed by atoms with E-state index in [1.807, 2.05) is 14.1 Å². The van der Waals surface area contributed by atoms with Gasteiger partial charge in [0.05, 0.1) is 20.7 Å². The van der Waals surface area contributed by atoms with Gasteiger partial charge in [0.15, 0.2) is 11.5 Å². The van der Waals surface area contributed by atoms with Gasteiger partial charge in [-0.2, -0.15) is 0 Å². The number of phosphoric acid groups is 1. The molecule has 3 N–H and O–H groups in total. The lowest BCUT2D eigenvalue weighted by atomic mass is 10.1. The maximum atomic E-state index is 11.4. The molecule has 0 heterocycles. The normalized spacial score (nSPS) is 13.2. The topological polar surface area (TPSA) is 103 Å². The van der Waals surface area contributed by atoms with Crippen LogP contribution in [0.25, 0.3) is 0 Å². The molecule has 146 valence electrons. The number of nitrogens with one attached hydrogen (secondary N) is 1. The molecule has 0 saturated carbocycles. The van der Waals surface area contributed by atoms with E-state index < -0.39 is 7.82 Å². The minimum atomic E-state index is -4.24. The molecule has 0 spiro atoms. The summed E-state index contributed by atoms with van der Waals surface area (Å²) in [6.45, 7) is 5.04. The van der Waals surface area contributed by atoms with Crippen molar-refractivity contribution in [3.05, 3.63) is 23.8 Å². The van der Waals surface area contributed by atoms with Crippen molar-refractivity contribution in [2.24, 2.45) is 0 Å². The summed E-state index contributed by atoms with van der Waals surface area (Å²) in [6.07, 6.45) is 3.62. The molecule has 0 aromatic heterocycles. The van der Waals surface area contributed by atoms with Crippen LogP contribution in [-0.4, -0.2) is 44.1 Å². The van der Waals surface area contributed by atoms with Crippen LogP contribution in [0, 0.1) is 0 Å². The summed E-state index contributed by atoms with van der Waals surface area (Å²) in [5.41, 5.74) is 0.784. The first-order chi connectivity index (χ1) is 11.7. The quantitative estimate of drug-likeness (QED) is 0.324. The second-order valence-corrected chi connectivity index (χ2v) is 7.41. The van der Waals surface area contributed by atoms with Crippen molar-refractivity contribution >= 4 is 7.82 Å². The van der Waals surface area contributed by atoms with Crippen molar-refractivity contribution in [2.45, 2.75) is 39.5 Å². The number of hydrogen-bond acceptors (Lipinski definition) is 6. The van der Waals surface area contributed by atoms with Crippen LogP contribution in [0.1, 0.15) is 38.7 Å². The number of unbranched alkanes of at least 4 members (excludes halogenated alkanes) is 1. The molecule has 25 heavy (non-hydrogen) atoms. The fourth-order valence-electron chi connectivity index (χ4n) is 1.58. The molecular formula is C17H32NO6P. The minimum absolute atomic E-state index is 0.0111. The highest BCUT2D eigenvalue weighted by molar-refractivity contribution is 7.45. The minimum Gasteiger partial charge on any atom is -0.756 e. The van der Waals surface area contributed by atoms with Crippen molar-refractivity contribution in [1.82, 2.24) is 0 Å². The first-order valence-corrected chi connectivity index (χ1v) is 10.1. The van der Waals surface area contributed by atoms with Gasteiger partial charge >= 0.3 is 0 Å². The molecule has 1 aromatic rings. The molecule has 1 rings (SSSR count). The molecule has 0 aliphatic carbocycles.